The van der Waals surface area contributed by atoms with Gasteiger partial charge in [-0.1, -0.05) is 0 Å². The molecule has 0 heterocycles. The molecule has 0 aromatic rings. The molecule has 0 aliphatic carbocycles. The number of carbonyl (C=O) groups is 2. The van der Waals surface area contributed by atoms with E-state index >= 15 is 0 Å². The first-order chi connectivity index (χ1) is 7.52. The summed E-state index contributed by atoms with van der Waals surface area (Å²) in [6.45, 7) is 0. The number of aliphatic carboxylic acids is 1. The van der Waals surface area contributed by atoms with Gasteiger partial charge in [-0.25, -0.2) is 0 Å². The fraction of sp³-hybridized carbons (Fsp3) is 0.778. The van der Waals surface area contributed by atoms with Crippen LogP contribution in [0, 0.1) is 0 Å². The number of carboxylic acid groups (broad SMARTS) is 1. The molecule has 0 saturated carbocycles. The molecule has 0 radical (unpaired) electrons. The van der Waals surface area contributed by atoms with E-state index in [1.165, 1.54) is 0 Å². The van der Waals surface area contributed by atoms with Crippen LogP contribution in [0.25, 0.3) is 0 Å². The third kappa shape index (κ3) is 6.51. The minimum absolute atomic E-state index is 0.196. The second-order valence-corrected chi connectivity index (χ2v) is 7.13. The summed E-state index contributed by atoms with van der Waals surface area (Å²) in [5.74, 6) is 2.33. The molecule has 0 aromatic carbocycles. The van der Waals surface area contributed by atoms with Crippen molar-refractivity contribution in [3.8, 4) is 0 Å². The molecular weight excluding hydrogens is 344 g/mol. The van der Waals surface area contributed by atoms with E-state index in [-0.39, 0.29) is 15.0 Å². The zero-order valence-electron chi connectivity index (χ0n) is 9.30. The molecule has 94 valence electrons. The number of nitrogens with one attached hydrogen (secondary N) is 1. The van der Waals surface area contributed by atoms with E-state index < -0.39 is 24.0 Å². The van der Waals surface area contributed by atoms with Gasteiger partial charge < -0.3 is 0 Å². The zero-order chi connectivity index (χ0) is 12.6. The van der Waals surface area contributed by atoms with Crippen LogP contribution in [0.5, 0.6) is 0 Å². The Bertz CT molecular complexity index is 238. The summed E-state index contributed by atoms with van der Waals surface area (Å²) in [6, 6.07) is -0.867. The van der Waals surface area contributed by atoms with Gasteiger partial charge in [-0.15, -0.1) is 0 Å². The van der Waals surface area contributed by atoms with Crippen molar-refractivity contribution >= 4 is 41.8 Å². The topological polar surface area (TPSA) is 86.6 Å². The normalized spacial score (nSPS) is 14.2. The molecule has 0 bridgehead atoms. The van der Waals surface area contributed by atoms with E-state index in [0.717, 1.165) is 5.32 Å². The van der Waals surface area contributed by atoms with Crippen molar-refractivity contribution in [1.82, 2.24) is 5.32 Å². The van der Waals surface area contributed by atoms with Crippen molar-refractivity contribution in [3.05, 3.63) is 0 Å². The summed E-state index contributed by atoms with van der Waals surface area (Å²) in [5.41, 5.74) is 0. The van der Waals surface area contributed by atoms with Gasteiger partial charge in [0, 0.05) is 0 Å². The number of carbonyl (C=O) groups excluding carboxylic acids is 1. The Hall–Kier alpha value is -0.0610. The van der Waals surface area contributed by atoms with Crippen LogP contribution < -0.4 is 5.32 Å². The van der Waals surface area contributed by atoms with Crippen LogP contribution in [0.3, 0.4) is 0 Å². The maximum absolute atomic E-state index is 11.4. The number of hydrogen-bond acceptors (Lipinski definition) is 3. The Kier molecular flexibility index (Phi) is 8.99. The van der Waals surface area contributed by atoms with Gasteiger partial charge in [-0.3, -0.25) is 0 Å². The Morgan fingerprint density at radius 2 is 1.94 bits per heavy atom. The first-order valence-corrected chi connectivity index (χ1v) is 10.6. The molecule has 0 aromatic heterocycles. The first kappa shape index (κ1) is 15.9. The second-order valence-electron chi connectivity index (χ2n) is 3.15. The monoisotopic (exact) mass is 363 g/mol. The van der Waals surface area contributed by atoms with Gasteiger partial charge in [-0.2, -0.15) is 0 Å². The van der Waals surface area contributed by atoms with Crippen LogP contribution >= 0.6 is 0 Å². The van der Waals surface area contributed by atoms with Gasteiger partial charge in [0.15, 0.2) is 0 Å². The second kappa shape index (κ2) is 9.02. The van der Waals surface area contributed by atoms with E-state index in [2.05, 4.69) is 5.32 Å². The molecule has 0 unspecified atom stereocenters. The molecule has 0 rings (SSSR count). The molecule has 1 amide bonds. The molecule has 0 aliphatic rings. The van der Waals surface area contributed by atoms with Crippen LogP contribution in [-0.2, 0) is 9.59 Å². The van der Waals surface area contributed by atoms with Gasteiger partial charge in [-0.05, 0) is 0 Å². The van der Waals surface area contributed by atoms with Crippen LogP contribution in [-0.4, -0.2) is 64.1 Å². The summed E-state index contributed by atoms with van der Waals surface area (Å²) >= 11 is 0.589. The molecule has 0 saturated heterocycles. The van der Waals surface area contributed by atoms with Gasteiger partial charge >= 0.3 is 108 Å². The molecule has 0 spiro atoms. The Morgan fingerprint density at radius 3 is 2.38 bits per heavy atom. The van der Waals surface area contributed by atoms with E-state index in [1.54, 1.807) is 0 Å². The van der Waals surface area contributed by atoms with Crippen LogP contribution in [0.2, 0.25) is 22.3 Å². The molecule has 16 heavy (non-hydrogen) atoms. The standard InChI is InChI=1S/C9H17NO4Se2/c1-15-4-3-6(9(13)14)10-8(12)7(11)5-16-2/h6-7,11H,3-5H2,1-2H3,(H,10,12)(H,13,14)/t6-,7+/m0/s1. The van der Waals surface area contributed by atoms with Crippen molar-refractivity contribution < 1.29 is 19.8 Å². The summed E-state index contributed by atoms with van der Waals surface area (Å²) < 4.78 is 0. The predicted octanol–water partition coefficient (Wildman–Crippen LogP) is -0.352. The minimum atomic E-state index is -1.07. The van der Waals surface area contributed by atoms with E-state index in [1.807, 2.05) is 11.6 Å². The molecule has 2 atom stereocenters. The Balaban J connectivity index is 4.17. The Morgan fingerprint density at radius 1 is 1.31 bits per heavy atom. The number of hydrogen-bond donors (Lipinski definition) is 3. The van der Waals surface area contributed by atoms with Gasteiger partial charge in [0.05, 0.1) is 0 Å². The van der Waals surface area contributed by atoms with E-state index in [4.69, 9.17) is 5.11 Å². The molecule has 5 nitrogen and oxygen atoms in total. The number of carboxylic acids is 1. The van der Waals surface area contributed by atoms with Crippen LogP contribution in [0.15, 0.2) is 0 Å². The molecular formula is C9H17NO4Se2. The molecule has 0 fully saturated rings. The molecule has 3 N–H and O–H groups in total. The predicted molar refractivity (Wildman–Crippen MR) is 63.0 cm³/mol. The SMILES string of the molecule is C[Se]CC[C@H](NC(=O)[C@H](O)C[Se]C)C(=O)O. The van der Waals surface area contributed by atoms with Gasteiger partial charge in [0.1, 0.15) is 0 Å². The summed E-state index contributed by atoms with van der Waals surface area (Å²) in [4.78, 5) is 22.2. The average molecular weight is 361 g/mol. The van der Waals surface area contributed by atoms with Gasteiger partial charge in [0.25, 0.3) is 0 Å². The van der Waals surface area contributed by atoms with E-state index in [9.17, 15) is 14.7 Å². The molecule has 7 heteroatoms. The van der Waals surface area contributed by atoms with Crippen molar-refractivity contribution in [2.75, 3.05) is 0 Å². The average Bonchev–Trinajstić information content (AvgIpc) is 2.23. The van der Waals surface area contributed by atoms with Crippen molar-refractivity contribution in [2.45, 2.75) is 40.8 Å². The number of rotatable bonds is 8. The molecule has 0 aliphatic heterocycles. The van der Waals surface area contributed by atoms with Crippen molar-refractivity contribution in [3.63, 3.8) is 0 Å². The number of amides is 1. The maximum atomic E-state index is 11.4. The summed E-state index contributed by atoms with van der Waals surface area (Å²) in [7, 11) is 0. The third-order valence-corrected chi connectivity index (χ3v) is 4.57. The van der Waals surface area contributed by atoms with Crippen molar-refractivity contribution in [2.24, 2.45) is 0 Å². The fourth-order valence-corrected chi connectivity index (χ4v) is 2.96. The summed E-state index contributed by atoms with van der Waals surface area (Å²) in [6.07, 6.45) is -0.638. The Labute approximate surface area is 108 Å². The fourth-order valence-electron chi connectivity index (χ4n) is 0.995. The first-order valence-electron chi connectivity index (χ1n) is 4.72. The number of aliphatic hydroxyl groups excluding tert-OH is 1. The quantitative estimate of drug-likeness (QED) is 0.516. The van der Waals surface area contributed by atoms with Gasteiger partial charge in [0.2, 0.25) is 0 Å². The zero-order valence-corrected chi connectivity index (χ0v) is 12.7. The van der Waals surface area contributed by atoms with Crippen LogP contribution in [0.4, 0.5) is 0 Å². The van der Waals surface area contributed by atoms with Crippen molar-refractivity contribution in [1.29, 1.82) is 0 Å². The van der Waals surface area contributed by atoms with Crippen LogP contribution in [0.1, 0.15) is 6.42 Å². The summed E-state index contributed by atoms with van der Waals surface area (Å²) in [5, 5.41) is 21.9. The van der Waals surface area contributed by atoms with E-state index in [0.29, 0.717) is 26.7 Å². The third-order valence-electron chi connectivity index (χ3n) is 1.85. The number of aliphatic hydroxyl groups is 1.